The number of carbonyl (C=O) groups is 1. The summed E-state index contributed by atoms with van der Waals surface area (Å²) in [5.74, 6) is 0.279. The Balaban J connectivity index is 1.93. The van der Waals surface area contributed by atoms with E-state index >= 15 is 0 Å². The quantitative estimate of drug-likeness (QED) is 0.688. The number of methoxy groups -OCH3 is 1. The number of nitrogens with zero attached hydrogens (tertiary/aromatic N) is 1. The van der Waals surface area contributed by atoms with Crippen LogP contribution in [0.2, 0.25) is 0 Å². The van der Waals surface area contributed by atoms with Crippen LogP contribution >= 0.6 is 0 Å². The van der Waals surface area contributed by atoms with Gasteiger partial charge in [-0.2, -0.15) is 0 Å². The molecule has 6 heteroatoms. The van der Waals surface area contributed by atoms with Gasteiger partial charge >= 0.3 is 0 Å². The highest BCUT2D eigenvalue weighted by atomic mass is 16.5. The summed E-state index contributed by atoms with van der Waals surface area (Å²) in [4.78, 5) is 19.7. The topological polar surface area (TPSA) is 93.0 Å². The summed E-state index contributed by atoms with van der Waals surface area (Å²) in [5.41, 5.74) is 8.35. The molecule has 1 amide bonds. The van der Waals surface area contributed by atoms with E-state index in [4.69, 9.17) is 10.5 Å². The fourth-order valence-electron chi connectivity index (χ4n) is 2.31. The molecule has 0 radical (unpaired) electrons. The fourth-order valence-corrected chi connectivity index (χ4v) is 2.31. The Morgan fingerprint density at radius 1 is 1.36 bits per heavy atom. The average molecular weight is 296 g/mol. The number of nitrogens with one attached hydrogen (secondary N) is 2. The van der Waals surface area contributed by atoms with E-state index in [-0.39, 0.29) is 5.91 Å². The van der Waals surface area contributed by atoms with Gasteiger partial charge in [0.05, 0.1) is 12.8 Å². The third-order valence-corrected chi connectivity index (χ3v) is 3.44. The van der Waals surface area contributed by atoms with Gasteiger partial charge in [-0.1, -0.05) is 6.07 Å². The molecule has 6 nitrogen and oxygen atoms in total. The van der Waals surface area contributed by atoms with Gasteiger partial charge in [0.25, 0.3) is 5.91 Å². The van der Waals surface area contributed by atoms with Gasteiger partial charge in [0.15, 0.2) is 0 Å². The first-order valence-electron chi connectivity index (χ1n) is 6.83. The number of rotatable bonds is 4. The molecule has 3 rings (SSSR count). The molecule has 0 unspecified atom stereocenters. The Morgan fingerprint density at radius 2 is 2.23 bits per heavy atom. The standard InChI is InChI=1S/C16H16N4O2/c1-22-14-8-10(9-17)2-3-13(14)20-16(21)15-11-4-6-18-12(11)5-7-19-15/h2-8,18H,9,17H2,1H3,(H,20,21). The van der Waals surface area contributed by atoms with Crippen molar-refractivity contribution in [3.63, 3.8) is 0 Å². The lowest BCUT2D eigenvalue weighted by Gasteiger charge is -2.11. The Labute approximate surface area is 127 Å². The van der Waals surface area contributed by atoms with Crippen molar-refractivity contribution in [1.82, 2.24) is 9.97 Å². The molecule has 0 aliphatic carbocycles. The van der Waals surface area contributed by atoms with E-state index in [1.54, 1.807) is 31.6 Å². The number of H-pyrrole nitrogens is 1. The van der Waals surface area contributed by atoms with Crippen LogP contribution in [0, 0.1) is 0 Å². The number of hydrogen-bond donors (Lipinski definition) is 3. The normalized spacial score (nSPS) is 10.6. The van der Waals surface area contributed by atoms with E-state index in [1.165, 1.54) is 0 Å². The summed E-state index contributed by atoms with van der Waals surface area (Å²) >= 11 is 0. The third kappa shape index (κ3) is 2.51. The zero-order chi connectivity index (χ0) is 15.5. The van der Waals surface area contributed by atoms with Crippen molar-refractivity contribution in [2.45, 2.75) is 6.54 Å². The molecule has 0 atom stereocenters. The number of benzene rings is 1. The number of aromatic nitrogens is 2. The fraction of sp³-hybridized carbons (Fsp3) is 0.125. The van der Waals surface area contributed by atoms with Crippen LogP contribution in [0.15, 0.2) is 42.7 Å². The van der Waals surface area contributed by atoms with E-state index < -0.39 is 0 Å². The number of anilines is 1. The minimum atomic E-state index is -0.288. The predicted molar refractivity (Wildman–Crippen MR) is 84.9 cm³/mol. The number of ether oxygens (including phenoxy) is 1. The highest BCUT2D eigenvalue weighted by Gasteiger charge is 2.14. The largest absolute Gasteiger partial charge is 0.495 e. The van der Waals surface area contributed by atoms with Crippen LogP contribution in [0.5, 0.6) is 5.75 Å². The first-order chi connectivity index (χ1) is 10.7. The molecular weight excluding hydrogens is 280 g/mol. The molecule has 4 N–H and O–H groups in total. The summed E-state index contributed by atoms with van der Waals surface area (Å²) in [6.07, 6.45) is 3.38. The minimum absolute atomic E-state index is 0.288. The first-order valence-corrected chi connectivity index (χ1v) is 6.83. The van der Waals surface area contributed by atoms with Gasteiger partial charge in [-0.25, -0.2) is 0 Å². The maximum absolute atomic E-state index is 12.5. The number of amides is 1. The van der Waals surface area contributed by atoms with Gasteiger partial charge < -0.3 is 20.8 Å². The summed E-state index contributed by atoms with van der Waals surface area (Å²) in [5, 5.41) is 3.61. The molecule has 0 aliphatic rings. The van der Waals surface area contributed by atoms with Gasteiger partial charge in [-0.15, -0.1) is 0 Å². The van der Waals surface area contributed by atoms with Crippen LogP contribution in [0.3, 0.4) is 0 Å². The molecule has 0 fully saturated rings. The highest BCUT2D eigenvalue weighted by molar-refractivity contribution is 6.11. The van der Waals surface area contributed by atoms with Gasteiger partial charge in [0.1, 0.15) is 11.4 Å². The van der Waals surface area contributed by atoms with Crippen LogP contribution in [0.25, 0.3) is 10.9 Å². The Hall–Kier alpha value is -2.86. The molecule has 2 heterocycles. The molecular formula is C16H16N4O2. The second kappa shape index (κ2) is 5.87. The molecule has 22 heavy (non-hydrogen) atoms. The number of carbonyl (C=O) groups excluding carboxylic acids is 1. The van der Waals surface area contributed by atoms with E-state index in [1.807, 2.05) is 18.2 Å². The van der Waals surface area contributed by atoms with Crippen LogP contribution in [0.1, 0.15) is 16.1 Å². The maximum atomic E-state index is 12.5. The van der Waals surface area contributed by atoms with Gasteiger partial charge in [0.2, 0.25) is 0 Å². The zero-order valence-corrected chi connectivity index (χ0v) is 12.1. The van der Waals surface area contributed by atoms with Crippen molar-refractivity contribution in [2.75, 3.05) is 12.4 Å². The smallest absolute Gasteiger partial charge is 0.275 e. The zero-order valence-electron chi connectivity index (χ0n) is 12.1. The number of fused-ring (bicyclic) bond motifs is 1. The van der Waals surface area contributed by atoms with E-state index in [0.29, 0.717) is 23.7 Å². The Bertz CT molecular complexity index is 826. The lowest BCUT2D eigenvalue weighted by molar-refractivity contribution is 0.102. The van der Waals surface area contributed by atoms with Crippen molar-refractivity contribution in [3.05, 3.63) is 54.0 Å². The third-order valence-electron chi connectivity index (χ3n) is 3.44. The lowest BCUT2D eigenvalue weighted by atomic mass is 10.1. The summed E-state index contributed by atoms with van der Waals surface area (Å²) < 4.78 is 5.30. The second-order valence-corrected chi connectivity index (χ2v) is 4.79. The molecule has 0 bridgehead atoms. The van der Waals surface area contributed by atoms with Crippen molar-refractivity contribution >= 4 is 22.5 Å². The molecule has 3 aromatic rings. The van der Waals surface area contributed by atoms with Crippen LogP contribution < -0.4 is 15.8 Å². The Kier molecular flexibility index (Phi) is 3.76. The van der Waals surface area contributed by atoms with Gasteiger partial charge in [-0.3, -0.25) is 9.78 Å². The molecule has 0 aliphatic heterocycles. The molecule has 112 valence electrons. The van der Waals surface area contributed by atoms with Crippen molar-refractivity contribution in [2.24, 2.45) is 5.73 Å². The van der Waals surface area contributed by atoms with E-state index in [9.17, 15) is 4.79 Å². The summed E-state index contributed by atoms with van der Waals surface area (Å²) in [6, 6.07) is 9.08. The van der Waals surface area contributed by atoms with Crippen molar-refractivity contribution < 1.29 is 9.53 Å². The second-order valence-electron chi connectivity index (χ2n) is 4.79. The average Bonchev–Trinajstić information content (AvgIpc) is 3.03. The lowest BCUT2D eigenvalue weighted by Crippen LogP contribution is -2.14. The predicted octanol–water partition coefficient (Wildman–Crippen LogP) is 2.28. The number of pyridine rings is 1. The summed E-state index contributed by atoms with van der Waals surface area (Å²) in [7, 11) is 1.55. The molecule has 0 saturated carbocycles. The number of nitrogens with two attached hydrogens (primary N) is 1. The number of hydrogen-bond acceptors (Lipinski definition) is 4. The highest BCUT2D eigenvalue weighted by Crippen LogP contribution is 2.26. The van der Waals surface area contributed by atoms with E-state index in [2.05, 4.69) is 15.3 Å². The molecule has 1 aromatic carbocycles. The Morgan fingerprint density at radius 3 is 3.00 bits per heavy atom. The van der Waals surface area contributed by atoms with E-state index in [0.717, 1.165) is 16.5 Å². The number of aromatic amines is 1. The molecule has 0 spiro atoms. The summed E-state index contributed by atoms with van der Waals surface area (Å²) in [6.45, 7) is 0.412. The van der Waals surface area contributed by atoms with Crippen molar-refractivity contribution in [3.8, 4) is 5.75 Å². The van der Waals surface area contributed by atoms with Crippen molar-refractivity contribution in [1.29, 1.82) is 0 Å². The SMILES string of the molecule is COc1cc(CN)ccc1NC(=O)c1nccc2[nH]ccc12. The first kappa shape index (κ1) is 14.1. The molecule has 0 saturated heterocycles. The maximum Gasteiger partial charge on any atom is 0.275 e. The molecule has 2 aromatic heterocycles. The van der Waals surface area contributed by atoms with Crippen LogP contribution in [-0.4, -0.2) is 23.0 Å². The monoisotopic (exact) mass is 296 g/mol. The minimum Gasteiger partial charge on any atom is -0.495 e. The van der Waals surface area contributed by atoms with Crippen LogP contribution in [-0.2, 0) is 6.54 Å². The van der Waals surface area contributed by atoms with Gasteiger partial charge in [0, 0.05) is 29.8 Å². The van der Waals surface area contributed by atoms with Gasteiger partial charge in [-0.05, 0) is 29.8 Å². The van der Waals surface area contributed by atoms with Crippen LogP contribution in [0.4, 0.5) is 5.69 Å².